The molecule has 0 bridgehead atoms. The average molecular weight is 636 g/mol. The molecule has 0 saturated carbocycles. The zero-order valence-electron chi connectivity index (χ0n) is 16.8. The van der Waals surface area contributed by atoms with Gasteiger partial charge in [0.15, 0.2) is 0 Å². The molecule has 0 spiro atoms. The van der Waals surface area contributed by atoms with Crippen molar-refractivity contribution in [3.8, 4) is 0 Å². The molecule has 2 atom stereocenters. The Morgan fingerprint density at radius 1 is 0.828 bits per heavy atom. The molecule has 8 nitrogen and oxygen atoms in total. The third-order valence-corrected chi connectivity index (χ3v) is 30.8. The second-order valence-corrected chi connectivity index (χ2v) is 33.6. The molecule has 0 aromatic heterocycles. The van der Waals surface area contributed by atoms with Crippen LogP contribution in [-0.2, 0) is 16.5 Å². The van der Waals surface area contributed by atoms with E-state index in [-0.39, 0.29) is 0 Å². The maximum atomic E-state index is 6.50. The lowest BCUT2D eigenvalue weighted by atomic mass is 10.5. The van der Waals surface area contributed by atoms with Crippen LogP contribution in [0.2, 0.25) is 45.3 Å². The minimum absolute atomic E-state index is 0.497. The van der Waals surface area contributed by atoms with E-state index in [2.05, 4.69) is 18.6 Å². The predicted molar refractivity (Wildman–Crippen MR) is 137 cm³/mol. The Bertz CT molecular complexity index is 803. The van der Waals surface area contributed by atoms with Gasteiger partial charge in [-0.1, -0.05) is 0 Å². The second kappa shape index (κ2) is 9.82. The van der Waals surface area contributed by atoms with E-state index in [4.69, 9.17) is 72.7 Å². The fourth-order valence-electron chi connectivity index (χ4n) is 3.11. The van der Waals surface area contributed by atoms with Gasteiger partial charge < -0.3 is 16.5 Å². The molecule has 2 aliphatic heterocycles. The molecule has 171 valence electrons. The summed E-state index contributed by atoms with van der Waals surface area (Å²) in [5, 5.41) is 3.12. The molecule has 2 rings (SSSR count). The molecule has 0 aliphatic carbocycles. The molecule has 1 saturated heterocycles. The summed E-state index contributed by atoms with van der Waals surface area (Å²) in [5.41, 5.74) is 0. The molecular weight excluding hydrogens is 611 g/mol. The minimum atomic E-state index is -3.04. The van der Waals surface area contributed by atoms with Crippen LogP contribution in [0, 0.1) is 0 Å². The fraction of sp³-hybridized carbons (Fsp3) is 1.00. The quantitative estimate of drug-likeness (QED) is 0.186. The smallest absolute Gasteiger partial charge is 0.362 e. The van der Waals surface area contributed by atoms with Gasteiger partial charge in [0.2, 0.25) is 6.71 Å². The fourth-order valence-corrected chi connectivity index (χ4v) is 38.2. The molecule has 1 N–H and O–H groups in total. The second-order valence-electron chi connectivity index (χ2n) is 7.55. The van der Waals surface area contributed by atoms with Gasteiger partial charge in [-0.05, 0) is 108 Å². The van der Waals surface area contributed by atoms with E-state index in [0.717, 1.165) is 6.04 Å². The van der Waals surface area contributed by atoms with Crippen LogP contribution in [0.25, 0.3) is 0 Å². The maximum Gasteiger partial charge on any atom is 0.362 e. The highest BCUT2D eigenvalue weighted by Crippen LogP contribution is 2.85. The minimum Gasteiger partial charge on any atom is -0.416 e. The van der Waals surface area contributed by atoms with Gasteiger partial charge in [0.25, 0.3) is 11.8 Å². The van der Waals surface area contributed by atoms with E-state index >= 15 is 0 Å². The Labute approximate surface area is 201 Å². The molecule has 2 aliphatic rings. The first-order valence-corrected chi connectivity index (χ1v) is 28.2. The molecule has 1 fully saturated rings. The van der Waals surface area contributed by atoms with E-state index in [1.807, 2.05) is 39.3 Å². The first kappa shape index (κ1) is 28.0. The monoisotopic (exact) mass is 633 g/mol. The number of nitrogens with one attached hydrogen (secondary N) is 1. The van der Waals surface area contributed by atoms with Crippen molar-refractivity contribution in [2.75, 3.05) is 6.54 Å². The van der Waals surface area contributed by atoms with E-state index in [0.29, 0.717) is 13.0 Å². The molecule has 0 aromatic carbocycles. The van der Waals surface area contributed by atoms with Crippen LogP contribution in [0.1, 0.15) is 6.42 Å². The summed E-state index contributed by atoms with van der Waals surface area (Å²) in [6.07, 6.45) is 0.714. The lowest BCUT2D eigenvalue weighted by Crippen LogP contribution is -2.61. The SMILES string of the molecule is C[Si]1O[Si](C)(C)O[Si](C)(C)O[Si](C)(CCCNP2(Cl)=NP(Cl)(Cl)=NP(Cl)(Cl)=N2)O1. The summed E-state index contributed by atoms with van der Waals surface area (Å²) >= 11 is 30.9. The Morgan fingerprint density at radius 3 is 2.00 bits per heavy atom. The van der Waals surface area contributed by atoms with Crippen molar-refractivity contribution >= 4 is 110 Å². The highest BCUT2D eigenvalue weighted by Gasteiger charge is 2.48. The molecule has 1 radical (unpaired) electrons. The molecule has 20 heteroatoms. The molecular formula is C9H25Cl5N4O4P3Si4. The molecule has 29 heavy (non-hydrogen) atoms. The van der Waals surface area contributed by atoms with Crippen LogP contribution in [-0.4, -0.2) is 41.5 Å². The summed E-state index contributed by atoms with van der Waals surface area (Å²) in [4.78, 5) is 0. The van der Waals surface area contributed by atoms with E-state index in [9.17, 15) is 0 Å². The summed E-state index contributed by atoms with van der Waals surface area (Å²) in [6, 6.07) is 0.721. The van der Waals surface area contributed by atoms with E-state index in [1.165, 1.54) is 0 Å². The molecule has 2 unspecified atom stereocenters. The van der Waals surface area contributed by atoms with Gasteiger partial charge in [0.05, 0.1) is 0 Å². The summed E-state index contributed by atoms with van der Waals surface area (Å²) in [5.74, 6) is -6.07. The van der Waals surface area contributed by atoms with Gasteiger partial charge in [0.1, 0.15) is 0 Å². The molecule has 0 amide bonds. The number of hydrogen-bond acceptors (Lipinski definition) is 8. The highest BCUT2D eigenvalue weighted by atomic mass is 35.9. The van der Waals surface area contributed by atoms with Crippen LogP contribution in [0.4, 0.5) is 0 Å². The summed E-state index contributed by atoms with van der Waals surface area (Å²) < 4.78 is 37.5. The number of nitrogens with zero attached hydrogens (tertiary/aromatic N) is 3. The Balaban J connectivity index is 2.03. The molecule has 2 heterocycles. The normalized spacial score (nSPS) is 36.1. The van der Waals surface area contributed by atoms with E-state index in [1.54, 1.807) is 0 Å². The van der Waals surface area contributed by atoms with Gasteiger partial charge in [-0.15, -0.1) is 0 Å². The predicted octanol–water partition coefficient (Wildman–Crippen LogP) is 8.69. The van der Waals surface area contributed by atoms with Crippen molar-refractivity contribution in [3.05, 3.63) is 0 Å². The van der Waals surface area contributed by atoms with Gasteiger partial charge >= 0.3 is 35.0 Å². The van der Waals surface area contributed by atoms with Crippen LogP contribution >= 0.6 is 74.7 Å². The van der Waals surface area contributed by atoms with Gasteiger partial charge in [-0.25, -0.2) is 0 Å². The van der Waals surface area contributed by atoms with Crippen molar-refractivity contribution in [3.63, 3.8) is 0 Å². The third kappa shape index (κ3) is 9.53. The number of halogens is 5. The van der Waals surface area contributed by atoms with Gasteiger partial charge in [-0.3, -0.25) is 5.09 Å². The van der Waals surface area contributed by atoms with Crippen LogP contribution in [0.15, 0.2) is 13.5 Å². The third-order valence-electron chi connectivity index (χ3n) is 3.49. The van der Waals surface area contributed by atoms with Crippen molar-refractivity contribution in [1.82, 2.24) is 5.09 Å². The maximum absolute atomic E-state index is 6.50. The zero-order valence-corrected chi connectivity index (χ0v) is 27.3. The Morgan fingerprint density at radius 2 is 1.41 bits per heavy atom. The van der Waals surface area contributed by atoms with Gasteiger partial charge in [-0.2, -0.15) is 13.5 Å². The first-order chi connectivity index (χ1) is 12.8. The van der Waals surface area contributed by atoms with Crippen molar-refractivity contribution in [1.29, 1.82) is 0 Å². The van der Waals surface area contributed by atoms with Crippen molar-refractivity contribution < 1.29 is 16.5 Å². The van der Waals surface area contributed by atoms with Crippen molar-refractivity contribution in [2.45, 2.75) is 51.7 Å². The Kier molecular flexibility index (Phi) is 9.49. The lowest BCUT2D eigenvalue weighted by Gasteiger charge is -2.44. The Hall–Kier alpha value is 2.81. The first-order valence-electron chi connectivity index (χ1n) is 8.61. The standard InChI is InChI=1S/C9H25Cl5N4O4P3Si4/c1-26-19-27(2,3)21-28(4,5)22-29(6,20-26)9-7-8-15-25(14)17-23(10,11)16-24(12,13)18-25/h15H,7-9H2,1-6H3. The number of hydrogen-bond donors (Lipinski definition) is 1. The summed E-state index contributed by atoms with van der Waals surface area (Å²) in [7, 11) is -8.61. The zero-order chi connectivity index (χ0) is 22.4. The molecule has 0 aromatic rings. The topological polar surface area (TPSA) is 86.0 Å². The number of rotatable bonds is 5. The van der Waals surface area contributed by atoms with Crippen molar-refractivity contribution in [2.24, 2.45) is 13.5 Å². The average Bonchev–Trinajstić information content (AvgIpc) is 2.34. The highest BCUT2D eigenvalue weighted by molar-refractivity contribution is 8.22. The van der Waals surface area contributed by atoms with E-state index < -0.39 is 53.5 Å². The van der Waals surface area contributed by atoms with Gasteiger partial charge in [0, 0.05) is 6.54 Å². The lowest BCUT2D eigenvalue weighted by molar-refractivity contribution is 0.246. The van der Waals surface area contributed by atoms with Crippen LogP contribution < -0.4 is 5.09 Å². The largest absolute Gasteiger partial charge is 0.416 e. The summed E-state index contributed by atoms with van der Waals surface area (Å²) in [6.45, 7) is 9.72. The van der Waals surface area contributed by atoms with Crippen LogP contribution in [0.3, 0.4) is 0 Å². The van der Waals surface area contributed by atoms with Crippen LogP contribution in [0.5, 0.6) is 0 Å².